The van der Waals surface area contributed by atoms with Crippen LogP contribution in [0.5, 0.6) is 11.5 Å². The molecule has 3 aromatic rings. The van der Waals surface area contributed by atoms with Gasteiger partial charge < -0.3 is 9.84 Å². The van der Waals surface area contributed by atoms with E-state index in [4.69, 9.17) is 4.74 Å². The molecule has 186 valence electrons. The third-order valence-corrected chi connectivity index (χ3v) is 7.60. The lowest BCUT2D eigenvalue weighted by atomic mass is 10.2. The Morgan fingerprint density at radius 3 is 2.34 bits per heavy atom. The molecular weight excluding hydrogens is 481 g/mol. The number of ether oxygens (including phenoxy) is 1. The molecule has 3 aromatic carbocycles. The first-order chi connectivity index (χ1) is 16.8. The van der Waals surface area contributed by atoms with Crippen molar-refractivity contribution in [1.29, 1.82) is 0 Å². The van der Waals surface area contributed by atoms with Crippen LogP contribution in [0.25, 0.3) is 0 Å². The zero-order valence-electron chi connectivity index (χ0n) is 18.8. The van der Waals surface area contributed by atoms with E-state index in [0.29, 0.717) is 30.1 Å². The lowest BCUT2D eigenvalue weighted by Gasteiger charge is -2.25. The second kappa shape index (κ2) is 10.6. The molecule has 1 heterocycles. The number of sulfonamides is 1. The van der Waals surface area contributed by atoms with Gasteiger partial charge in [-0.25, -0.2) is 21.6 Å². The van der Waals surface area contributed by atoms with Crippen LogP contribution in [0, 0.1) is 17.5 Å². The van der Waals surface area contributed by atoms with Gasteiger partial charge in [-0.3, -0.25) is 9.21 Å². The van der Waals surface area contributed by atoms with Gasteiger partial charge in [0, 0.05) is 6.54 Å². The average molecular weight is 507 g/mol. The molecule has 1 N–H and O–H groups in total. The average Bonchev–Trinajstić information content (AvgIpc) is 3.35. The van der Waals surface area contributed by atoms with Crippen molar-refractivity contribution in [3.8, 4) is 11.5 Å². The van der Waals surface area contributed by atoms with E-state index in [-0.39, 0.29) is 18.0 Å². The number of halogens is 3. The van der Waals surface area contributed by atoms with Crippen molar-refractivity contribution < 1.29 is 31.4 Å². The summed E-state index contributed by atoms with van der Waals surface area (Å²) < 4.78 is 75.2. The van der Waals surface area contributed by atoms with Crippen LogP contribution in [0.2, 0.25) is 0 Å². The number of anilines is 1. The standard InChI is InChI=1S/C25H25F3N2O4S/c26-22-10-11-23(25(28)24(22)27)35(32,33)30(17-18-4-3-5-20(31)16-18)19-6-8-21(9-7-19)34-15-14-29-12-1-2-13-29/h3-11,16,31H,1-2,12-15,17H2. The van der Waals surface area contributed by atoms with Crippen molar-refractivity contribution >= 4 is 15.7 Å². The monoisotopic (exact) mass is 506 g/mol. The molecule has 1 aliphatic heterocycles. The number of aromatic hydroxyl groups is 1. The molecule has 1 saturated heterocycles. The van der Waals surface area contributed by atoms with Gasteiger partial charge in [-0.1, -0.05) is 12.1 Å². The van der Waals surface area contributed by atoms with Crippen LogP contribution in [0.15, 0.2) is 65.6 Å². The summed E-state index contributed by atoms with van der Waals surface area (Å²) in [6.07, 6.45) is 2.35. The SMILES string of the molecule is O=S(=O)(c1ccc(F)c(F)c1F)N(Cc1cccc(O)c1)c1ccc(OCCN2CCCC2)cc1. The van der Waals surface area contributed by atoms with E-state index in [0.717, 1.165) is 23.9 Å². The fraction of sp³-hybridized carbons (Fsp3) is 0.280. The molecule has 0 bridgehead atoms. The van der Waals surface area contributed by atoms with Gasteiger partial charge in [0.25, 0.3) is 10.0 Å². The Morgan fingerprint density at radius 1 is 0.943 bits per heavy atom. The van der Waals surface area contributed by atoms with Crippen LogP contribution in [0.3, 0.4) is 0 Å². The van der Waals surface area contributed by atoms with Crippen molar-refractivity contribution in [2.24, 2.45) is 0 Å². The van der Waals surface area contributed by atoms with Gasteiger partial charge in [-0.05, 0) is 80.0 Å². The quantitative estimate of drug-likeness (QED) is 0.427. The molecule has 0 atom stereocenters. The molecule has 0 unspecified atom stereocenters. The molecule has 0 radical (unpaired) electrons. The lowest BCUT2D eigenvalue weighted by Crippen LogP contribution is -2.31. The Bertz CT molecular complexity index is 1280. The molecule has 1 fully saturated rings. The second-order valence-corrected chi connectivity index (χ2v) is 10.1. The first kappa shape index (κ1) is 24.9. The summed E-state index contributed by atoms with van der Waals surface area (Å²) in [4.78, 5) is 1.30. The molecular formula is C25H25F3N2O4S. The number of rotatable bonds is 9. The van der Waals surface area contributed by atoms with Crippen LogP contribution in [-0.2, 0) is 16.6 Å². The maximum absolute atomic E-state index is 14.5. The van der Waals surface area contributed by atoms with Crippen LogP contribution >= 0.6 is 0 Å². The maximum atomic E-state index is 14.5. The molecule has 6 nitrogen and oxygen atoms in total. The summed E-state index contributed by atoms with van der Waals surface area (Å²) >= 11 is 0. The summed E-state index contributed by atoms with van der Waals surface area (Å²) in [5, 5.41) is 9.79. The van der Waals surface area contributed by atoms with E-state index in [1.54, 1.807) is 18.2 Å². The summed E-state index contributed by atoms with van der Waals surface area (Å²) in [7, 11) is -4.65. The molecule has 4 rings (SSSR count). The number of nitrogens with zero attached hydrogens (tertiary/aromatic N) is 2. The number of likely N-dealkylation sites (tertiary alicyclic amines) is 1. The summed E-state index contributed by atoms with van der Waals surface area (Å²) in [5.74, 6) is -4.71. The van der Waals surface area contributed by atoms with E-state index in [1.807, 2.05) is 0 Å². The summed E-state index contributed by atoms with van der Waals surface area (Å²) in [6, 6.07) is 13.3. The largest absolute Gasteiger partial charge is 0.508 e. The number of hydrogen-bond acceptors (Lipinski definition) is 5. The highest BCUT2D eigenvalue weighted by Crippen LogP contribution is 2.30. The van der Waals surface area contributed by atoms with Crippen LogP contribution in [-0.4, -0.2) is 44.7 Å². The smallest absolute Gasteiger partial charge is 0.267 e. The first-order valence-corrected chi connectivity index (χ1v) is 12.6. The first-order valence-electron chi connectivity index (χ1n) is 11.1. The summed E-state index contributed by atoms with van der Waals surface area (Å²) in [6.45, 7) is 3.07. The van der Waals surface area contributed by atoms with E-state index >= 15 is 0 Å². The highest BCUT2D eigenvalue weighted by Gasteiger charge is 2.31. The molecule has 35 heavy (non-hydrogen) atoms. The molecule has 0 spiro atoms. The van der Waals surface area contributed by atoms with Gasteiger partial charge >= 0.3 is 0 Å². The number of benzene rings is 3. The van der Waals surface area contributed by atoms with E-state index in [1.165, 1.54) is 43.2 Å². The highest BCUT2D eigenvalue weighted by molar-refractivity contribution is 7.92. The second-order valence-electron chi connectivity index (χ2n) is 8.25. The van der Waals surface area contributed by atoms with Gasteiger partial charge in [-0.2, -0.15) is 0 Å². The number of phenolic OH excluding ortho intramolecular Hbond substituents is 1. The molecule has 0 aromatic heterocycles. The summed E-state index contributed by atoms with van der Waals surface area (Å²) in [5.41, 5.74) is 0.562. The minimum atomic E-state index is -4.65. The molecule has 0 saturated carbocycles. The fourth-order valence-electron chi connectivity index (χ4n) is 3.97. The van der Waals surface area contributed by atoms with E-state index in [9.17, 15) is 26.7 Å². The van der Waals surface area contributed by atoms with Crippen molar-refractivity contribution in [1.82, 2.24) is 4.90 Å². The third-order valence-electron chi connectivity index (χ3n) is 5.80. The number of phenols is 1. The minimum absolute atomic E-state index is 0.0828. The van der Waals surface area contributed by atoms with Crippen molar-refractivity contribution in [2.75, 3.05) is 30.5 Å². The zero-order valence-corrected chi connectivity index (χ0v) is 19.6. The number of hydrogen-bond donors (Lipinski definition) is 1. The van der Waals surface area contributed by atoms with Gasteiger partial charge in [-0.15, -0.1) is 0 Å². The Balaban J connectivity index is 1.62. The van der Waals surface area contributed by atoms with Crippen molar-refractivity contribution in [3.05, 3.63) is 83.7 Å². The van der Waals surface area contributed by atoms with Crippen LogP contribution in [0.4, 0.5) is 18.9 Å². The van der Waals surface area contributed by atoms with Gasteiger partial charge in [0.1, 0.15) is 23.0 Å². The Labute approximate surface area is 202 Å². The molecule has 1 aliphatic rings. The van der Waals surface area contributed by atoms with Crippen molar-refractivity contribution in [2.45, 2.75) is 24.3 Å². The predicted molar refractivity (Wildman–Crippen MR) is 125 cm³/mol. The van der Waals surface area contributed by atoms with Crippen LogP contribution in [0.1, 0.15) is 18.4 Å². The highest BCUT2D eigenvalue weighted by atomic mass is 32.2. The predicted octanol–water partition coefficient (Wildman–Crippen LogP) is 4.68. The van der Waals surface area contributed by atoms with E-state index < -0.39 is 32.4 Å². The Kier molecular flexibility index (Phi) is 7.51. The Hall–Kier alpha value is -3.24. The van der Waals surface area contributed by atoms with E-state index in [2.05, 4.69) is 4.90 Å². The zero-order chi connectivity index (χ0) is 25.0. The molecule has 0 amide bonds. The van der Waals surface area contributed by atoms with Crippen LogP contribution < -0.4 is 9.04 Å². The van der Waals surface area contributed by atoms with Gasteiger partial charge in [0.2, 0.25) is 0 Å². The van der Waals surface area contributed by atoms with Gasteiger partial charge in [0.15, 0.2) is 17.5 Å². The van der Waals surface area contributed by atoms with Crippen molar-refractivity contribution in [3.63, 3.8) is 0 Å². The Morgan fingerprint density at radius 2 is 1.66 bits per heavy atom. The normalized spacial score (nSPS) is 14.3. The molecule has 10 heteroatoms. The minimum Gasteiger partial charge on any atom is -0.508 e. The fourth-order valence-corrected chi connectivity index (χ4v) is 5.48. The maximum Gasteiger partial charge on any atom is 0.267 e. The lowest BCUT2D eigenvalue weighted by molar-refractivity contribution is 0.238. The third kappa shape index (κ3) is 5.71. The van der Waals surface area contributed by atoms with Gasteiger partial charge in [0.05, 0.1) is 12.2 Å². The molecule has 0 aliphatic carbocycles. The topological polar surface area (TPSA) is 70.1 Å².